The van der Waals surface area contributed by atoms with E-state index in [0.29, 0.717) is 0 Å². The molecule has 1 heterocycles. The van der Waals surface area contributed by atoms with Crippen molar-refractivity contribution in [2.24, 2.45) is 0 Å². The van der Waals surface area contributed by atoms with Crippen LogP contribution in [0.5, 0.6) is 17.2 Å². The molecule has 8 aromatic rings. The van der Waals surface area contributed by atoms with Gasteiger partial charge in [-0.1, -0.05) is 23.1 Å². The minimum absolute atomic E-state index is 0.203. The minimum atomic E-state index is -7.22. The molecule has 8 rings (SSSR count). The molecule has 1 aromatic heterocycles. The predicted octanol–water partition coefficient (Wildman–Crippen LogP) is 12.9. The van der Waals surface area contributed by atoms with Crippen LogP contribution in [0.3, 0.4) is 0 Å². The third kappa shape index (κ3) is 9.64. The Morgan fingerprint density at radius 2 is 0.553 bits per heavy atom. The molecule has 0 fully saturated rings. The van der Waals surface area contributed by atoms with Crippen LogP contribution in [0.25, 0.3) is 0 Å². The van der Waals surface area contributed by atoms with Crippen LogP contribution in [-0.2, 0) is 10.9 Å². The zero-order valence-electron chi connectivity index (χ0n) is 37.7. The smallest absolute Gasteiger partial charge is 0.221 e. The summed E-state index contributed by atoms with van der Waals surface area (Å²) in [5.41, 5.74) is -14.3. The molecule has 0 bridgehead atoms. The summed E-state index contributed by atoms with van der Waals surface area (Å²) in [5.74, 6) is -68.8. The number of thiophene rings is 1. The van der Waals surface area contributed by atoms with E-state index in [1.807, 2.05) is 47.7 Å². The lowest BCUT2D eigenvalue weighted by molar-refractivity contribution is 0.378. The van der Waals surface area contributed by atoms with Crippen LogP contribution in [0.2, 0.25) is 0 Å². The van der Waals surface area contributed by atoms with Gasteiger partial charge in [0.2, 0.25) is 4.21 Å². The second-order valence-electron chi connectivity index (χ2n) is 15.3. The van der Waals surface area contributed by atoms with Crippen molar-refractivity contribution >= 4 is 62.0 Å². The maximum Gasteiger partial charge on any atom is 0.221 e. The fourth-order valence-electron chi connectivity index (χ4n) is 7.89. The summed E-state index contributed by atoms with van der Waals surface area (Å²) < 4.78 is 313. The van der Waals surface area contributed by atoms with E-state index in [-0.39, 0.29) is 10.9 Å². The maximum absolute atomic E-state index is 15.4. The Labute approximate surface area is 425 Å². The Bertz CT molecular complexity index is 3100. The lowest BCUT2D eigenvalue weighted by atomic mass is 9.12. The fourth-order valence-corrected chi connectivity index (χ4v) is 12.8. The summed E-state index contributed by atoms with van der Waals surface area (Å²) in [5, 5.41) is 0. The van der Waals surface area contributed by atoms with Gasteiger partial charge in [0.25, 0.3) is 0 Å². The highest BCUT2D eigenvalue weighted by Crippen LogP contribution is 2.42. The largest absolute Gasteiger partial charge is 0.497 e. The van der Waals surface area contributed by atoms with Crippen molar-refractivity contribution in [2.75, 3.05) is 21.3 Å². The van der Waals surface area contributed by atoms with Gasteiger partial charge in [-0.25, -0.2) is 87.8 Å². The molecule has 7 aromatic carbocycles. The first-order valence-corrected chi connectivity index (χ1v) is 23.4. The molecule has 0 atom stereocenters. The van der Waals surface area contributed by atoms with Gasteiger partial charge in [-0.3, -0.25) is 0 Å². The number of hydrogen-bond acceptors (Lipinski definition) is 5. The molecule has 76 heavy (non-hydrogen) atoms. The average Bonchev–Trinajstić information content (AvgIpc) is 3.93. The summed E-state index contributed by atoms with van der Waals surface area (Å²) >= 11 is 3.61. The highest BCUT2D eigenvalue weighted by molar-refractivity contribution is 8.02. The molecule has 0 unspecified atom stereocenters. The SMILES string of the molecule is COc1ccc(Sc2ccc([S+](c3ccc(OC)cc3)c3ccc(OC)cc3)s2)cc1.Fc1c(F)c(F)c([B-](c2c(F)c(F)c(F)c(F)c2F)(c2c(F)c(F)c(F)c(F)c2F)c2c(F)c(F)c(F)c(F)c2F)c(F)c1F. The number of methoxy groups -OCH3 is 3. The third-order valence-corrected chi connectivity index (χ3v) is 16.1. The lowest BCUT2D eigenvalue weighted by Gasteiger charge is -2.44. The van der Waals surface area contributed by atoms with Gasteiger partial charge in [0.1, 0.15) is 80.8 Å². The van der Waals surface area contributed by atoms with Crippen LogP contribution in [-0.4, -0.2) is 27.5 Å². The van der Waals surface area contributed by atoms with E-state index >= 15 is 35.1 Å². The Balaban J connectivity index is 0.000000236. The van der Waals surface area contributed by atoms with Gasteiger partial charge < -0.3 is 14.2 Å². The van der Waals surface area contributed by atoms with Crippen molar-refractivity contribution < 1.29 is 102 Å². The normalized spacial score (nSPS) is 11.5. The van der Waals surface area contributed by atoms with Gasteiger partial charge in [-0.05, 0) is 78.9 Å². The van der Waals surface area contributed by atoms with Crippen LogP contribution in [0.15, 0.2) is 108 Å². The summed E-state index contributed by atoms with van der Waals surface area (Å²) in [6.07, 6.45) is -7.22. The first kappa shape index (κ1) is 56.7. The van der Waals surface area contributed by atoms with E-state index in [2.05, 4.69) is 48.5 Å². The fraction of sp³-hybridized carbons (Fsp3) is 0.0612. The number of hydrogen-bond donors (Lipinski definition) is 0. The second-order valence-corrected chi connectivity index (χ2v) is 20.0. The Morgan fingerprint density at radius 3 is 0.803 bits per heavy atom. The topological polar surface area (TPSA) is 27.7 Å². The molecule has 0 spiro atoms. The van der Waals surface area contributed by atoms with Gasteiger partial charge in [0.05, 0.1) is 25.5 Å². The van der Waals surface area contributed by atoms with Crippen molar-refractivity contribution in [2.45, 2.75) is 23.1 Å². The third-order valence-electron chi connectivity index (χ3n) is 11.3. The van der Waals surface area contributed by atoms with Crippen molar-refractivity contribution in [3.05, 3.63) is 201 Å². The number of rotatable bonds is 12. The van der Waals surface area contributed by atoms with E-state index < -0.39 is 144 Å². The van der Waals surface area contributed by atoms with Crippen molar-refractivity contribution in [1.29, 1.82) is 0 Å². The zero-order chi connectivity index (χ0) is 56.0. The number of benzene rings is 7. The van der Waals surface area contributed by atoms with E-state index in [4.69, 9.17) is 14.2 Å². The summed E-state index contributed by atoms with van der Waals surface area (Å²) in [4.78, 5) is 3.71. The van der Waals surface area contributed by atoms with Gasteiger partial charge in [-0.2, -0.15) is 0 Å². The Hall–Kier alpha value is -7.00. The Kier molecular flexibility index (Phi) is 16.6. The highest BCUT2D eigenvalue weighted by atomic mass is 32.2. The summed E-state index contributed by atoms with van der Waals surface area (Å²) in [6, 6.07) is 29.4. The predicted molar refractivity (Wildman–Crippen MR) is 239 cm³/mol. The number of halogens is 20. The standard InChI is InChI=1S/C25H23O3S3.C24BF20/c1-26-18-4-10-21(11-5-18)29-24-16-17-25(30-24)31(22-12-6-19(27-2)7-13-22)23-14-8-20(28-3)9-15-23;26-5-1(6(27)14(35)21(42)13(5)34)25(2-7(28)15(36)22(43)16(37)8(2)29,3-9(30)17(38)23(44)18(39)10(3)31)4-11(32)19(40)24(45)20(41)12(4)33/h4-17H,1-3H3;/q+1;-1. The zero-order valence-corrected chi connectivity index (χ0v) is 40.1. The highest BCUT2D eigenvalue weighted by Gasteiger charge is 2.52. The number of ether oxygens (including phenoxy) is 3. The van der Waals surface area contributed by atoms with Crippen molar-refractivity contribution in [3.8, 4) is 17.2 Å². The van der Waals surface area contributed by atoms with E-state index in [1.54, 1.807) is 33.1 Å². The van der Waals surface area contributed by atoms with Gasteiger partial charge in [0, 0.05) is 11.0 Å². The minimum Gasteiger partial charge on any atom is -0.497 e. The molecule has 0 aliphatic carbocycles. The van der Waals surface area contributed by atoms with E-state index in [9.17, 15) is 52.7 Å². The van der Waals surface area contributed by atoms with E-state index in [0.717, 1.165) is 17.2 Å². The first-order chi connectivity index (χ1) is 35.9. The molecular formula is C49H23BF20O3S3. The van der Waals surface area contributed by atoms with Gasteiger partial charge in [0.15, 0.2) is 79.6 Å². The molecule has 0 saturated carbocycles. The lowest BCUT2D eigenvalue weighted by Crippen LogP contribution is -2.81. The molecule has 0 aliphatic rings. The second kappa shape index (κ2) is 22.3. The van der Waals surface area contributed by atoms with Crippen LogP contribution in [0.4, 0.5) is 87.8 Å². The molecule has 398 valence electrons. The molecule has 3 nitrogen and oxygen atoms in total. The molecule has 0 saturated heterocycles. The monoisotopic (exact) mass is 1150 g/mol. The molecule has 0 amide bonds. The molecule has 0 radical (unpaired) electrons. The van der Waals surface area contributed by atoms with Crippen molar-refractivity contribution in [1.82, 2.24) is 0 Å². The van der Waals surface area contributed by atoms with Crippen LogP contribution in [0, 0.1) is 116 Å². The van der Waals surface area contributed by atoms with Gasteiger partial charge in [-0.15, -0.1) is 21.9 Å². The maximum atomic E-state index is 15.4. The van der Waals surface area contributed by atoms with Crippen molar-refractivity contribution in [3.63, 3.8) is 0 Å². The summed E-state index contributed by atoms with van der Waals surface area (Å²) in [7, 11) is 4.87. The summed E-state index contributed by atoms with van der Waals surface area (Å²) in [6.45, 7) is 0. The first-order valence-electron chi connectivity index (χ1n) is 20.6. The average molecular weight is 1150 g/mol. The van der Waals surface area contributed by atoms with Crippen LogP contribution >= 0.6 is 23.1 Å². The quantitative estimate of drug-likeness (QED) is 0.0401. The van der Waals surface area contributed by atoms with Crippen LogP contribution < -0.4 is 36.1 Å². The molecule has 27 heteroatoms. The molecule has 0 N–H and O–H groups in total. The molecular weight excluding hydrogens is 1120 g/mol. The van der Waals surface area contributed by atoms with Crippen LogP contribution in [0.1, 0.15) is 0 Å². The van der Waals surface area contributed by atoms with E-state index in [1.165, 1.54) is 23.1 Å². The molecule has 0 aliphatic heterocycles. The van der Waals surface area contributed by atoms with Gasteiger partial charge >= 0.3 is 0 Å². The Morgan fingerprint density at radius 1 is 0.316 bits per heavy atom.